The van der Waals surface area contributed by atoms with Gasteiger partial charge >= 0.3 is 0 Å². The van der Waals surface area contributed by atoms with Crippen LogP contribution < -0.4 is 0 Å². The minimum absolute atomic E-state index is 0.0399. The molecule has 0 saturated heterocycles. The molecule has 0 aliphatic rings. The molecule has 1 heterocycles. The lowest BCUT2D eigenvalue weighted by Crippen LogP contribution is -2.17. The van der Waals surface area contributed by atoms with E-state index in [0.29, 0.717) is 21.7 Å². The Kier molecular flexibility index (Phi) is 4.80. The van der Waals surface area contributed by atoms with E-state index in [2.05, 4.69) is 4.98 Å². The SMILES string of the molecule is Cc1ccc(C(=O)Cn2c(C(=O)c3ccc(Cl)cc3)nc3ccccc32)cc1. The fraction of sp³-hybridized carbons (Fsp3) is 0.0870. The van der Waals surface area contributed by atoms with Crippen molar-refractivity contribution in [2.24, 2.45) is 0 Å². The predicted octanol–water partition coefficient (Wildman–Crippen LogP) is 5.11. The van der Waals surface area contributed by atoms with Gasteiger partial charge in [0.05, 0.1) is 17.6 Å². The average molecular weight is 389 g/mol. The maximum absolute atomic E-state index is 13.1. The summed E-state index contributed by atoms with van der Waals surface area (Å²) >= 11 is 5.93. The van der Waals surface area contributed by atoms with Crippen molar-refractivity contribution in [1.82, 2.24) is 9.55 Å². The molecule has 0 spiro atoms. The molecule has 0 aliphatic heterocycles. The molecule has 0 aliphatic carbocycles. The van der Waals surface area contributed by atoms with E-state index in [1.165, 1.54) is 0 Å². The van der Waals surface area contributed by atoms with Crippen molar-refractivity contribution in [3.8, 4) is 0 Å². The van der Waals surface area contributed by atoms with E-state index in [1.54, 1.807) is 41.0 Å². The Morgan fingerprint density at radius 3 is 2.25 bits per heavy atom. The quantitative estimate of drug-likeness (QED) is 0.446. The molecule has 0 amide bonds. The van der Waals surface area contributed by atoms with Crippen LogP contribution in [0.15, 0.2) is 72.8 Å². The number of ketones is 2. The third-order valence-corrected chi connectivity index (χ3v) is 4.89. The van der Waals surface area contributed by atoms with Crippen LogP contribution in [0.2, 0.25) is 5.02 Å². The summed E-state index contributed by atoms with van der Waals surface area (Å²) in [6.07, 6.45) is 0. The minimum Gasteiger partial charge on any atom is -0.313 e. The number of fused-ring (bicyclic) bond motifs is 1. The van der Waals surface area contributed by atoms with Crippen molar-refractivity contribution in [2.45, 2.75) is 13.5 Å². The average Bonchev–Trinajstić information content (AvgIpc) is 3.07. The molecule has 0 radical (unpaired) electrons. The Balaban J connectivity index is 1.77. The van der Waals surface area contributed by atoms with Crippen LogP contribution in [0.4, 0.5) is 0 Å². The Hall–Kier alpha value is -3.24. The number of imidazole rings is 1. The highest BCUT2D eigenvalue weighted by Crippen LogP contribution is 2.20. The van der Waals surface area contributed by atoms with Crippen LogP contribution in [0, 0.1) is 6.92 Å². The number of hydrogen-bond donors (Lipinski definition) is 0. The molecule has 138 valence electrons. The monoisotopic (exact) mass is 388 g/mol. The van der Waals surface area contributed by atoms with Crippen molar-refractivity contribution >= 4 is 34.2 Å². The first kappa shape index (κ1) is 18.1. The van der Waals surface area contributed by atoms with Gasteiger partial charge in [0.1, 0.15) is 0 Å². The second-order valence-corrected chi connectivity index (χ2v) is 7.07. The summed E-state index contributed by atoms with van der Waals surface area (Å²) in [5, 5.41) is 0.555. The summed E-state index contributed by atoms with van der Waals surface area (Å²) < 4.78 is 1.69. The largest absolute Gasteiger partial charge is 0.313 e. The van der Waals surface area contributed by atoms with E-state index >= 15 is 0 Å². The topological polar surface area (TPSA) is 52.0 Å². The first-order valence-corrected chi connectivity index (χ1v) is 9.26. The maximum Gasteiger partial charge on any atom is 0.228 e. The van der Waals surface area contributed by atoms with Crippen molar-refractivity contribution in [2.75, 3.05) is 0 Å². The van der Waals surface area contributed by atoms with Gasteiger partial charge in [0.25, 0.3) is 0 Å². The molecule has 4 aromatic rings. The summed E-state index contributed by atoms with van der Waals surface area (Å²) in [6.45, 7) is 2.01. The molecule has 0 saturated carbocycles. The molecular weight excluding hydrogens is 372 g/mol. The van der Waals surface area contributed by atoms with Crippen LogP contribution in [-0.2, 0) is 6.54 Å². The molecular formula is C23H17ClN2O2. The van der Waals surface area contributed by atoms with Crippen LogP contribution >= 0.6 is 11.6 Å². The lowest BCUT2D eigenvalue weighted by atomic mass is 10.1. The Morgan fingerprint density at radius 1 is 0.893 bits per heavy atom. The molecule has 28 heavy (non-hydrogen) atoms. The fourth-order valence-corrected chi connectivity index (χ4v) is 3.24. The van der Waals surface area contributed by atoms with Gasteiger partial charge in [-0.15, -0.1) is 0 Å². The van der Waals surface area contributed by atoms with Gasteiger partial charge in [-0.05, 0) is 43.3 Å². The molecule has 0 fully saturated rings. The second-order valence-electron chi connectivity index (χ2n) is 6.64. The lowest BCUT2D eigenvalue weighted by molar-refractivity contribution is 0.0968. The molecule has 4 nitrogen and oxygen atoms in total. The molecule has 0 N–H and O–H groups in total. The molecule has 0 unspecified atom stereocenters. The van der Waals surface area contributed by atoms with Crippen molar-refractivity contribution in [3.05, 3.63) is 100 Å². The summed E-state index contributed by atoms with van der Waals surface area (Å²) in [5.41, 5.74) is 3.59. The molecule has 4 rings (SSSR count). The highest BCUT2D eigenvalue weighted by molar-refractivity contribution is 6.30. The fourth-order valence-electron chi connectivity index (χ4n) is 3.11. The lowest BCUT2D eigenvalue weighted by Gasteiger charge is -2.09. The van der Waals surface area contributed by atoms with Crippen molar-refractivity contribution < 1.29 is 9.59 Å². The van der Waals surface area contributed by atoms with Gasteiger partial charge in [-0.2, -0.15) is 0 Å². The number of carbonyl (C=O) groups excluding carboxylic acids is 2. The number of halogens is 1. The Bertz CT molecular complexity index is 1180. The second kappa shape index (κ2) is 7.41. The van der Waals surface area contributed by atoms with E-state index < -0.39 is 0 Å². The number of Topliss-reactive ketones (excluding diaryl/α,β-unsaturated/α-hetero) is 1. The van der Waals surface area contributed by atoms with Gasteiger partial charge in [0.15, 0.2) is 11.6 Å². The standard InChI is InChI=1S/C23H17ClN2O2/c1-15-6-8-16(9-7-15)21(27)14-26-20-5-3-2-4-19(20)25-23(26)22(28)17-10-12-18(24)13-11-17/h2-13H,14H2,1H3. The number of hydrogen-bond acceptors (Lipinski definition) is 3. The van der Waals surface area contributed by atoms with E-state index in [4.69, 9.17) is 11.6 Å². The third-order valence-electron chi connectivity index (χ3n) is 4.64. The summed E-state index contributed by atoms with van der Waals surface area (Å²) in [6, 6.07) is 21.5. The molecule has 0 atom stereocenters. The van der Waals surface area contributed by atoms with Crippen LogP contribution in [0.1, 0.15) is 32.1 Å². The van der Waals surface area contributed by atoms with Crippen molar-refractivity contribution in [1.29, 1.82) is 0 Å². The zero-order valence-electron chi connectivity index (χ0n) is 15.2. The van der Waals surface area contributed by atoms with Gasteiger partial charge in [0.2, 0.25) is 5.78 Å². The molecule has 3 aromatic carbocycles. The van der Waals surface area contributed by atoms with Gasteiger partial charge in [-0.3, -0.25) is 9.59 Å². The number of rotatable bonds is 5. The first-order chi connectivity index (χ1) is 13.5. The number of aryl methyl sites for hydroxylation is 1. The summed E-state index contributed by atoms with van der Waals surface area (Å²) in [5.74, 6) is -0.0816. The zero-order chi connectivity index (χ0) is 19.7. The van der Waals surface area contributed by atoms with Gasteiger partial charge < -0.3 is 4.57 Å². The minimum atomic E-state index is -0.246. The molecule has 0 bridgehead atoms. The van der Waals surface area contributed by atoms with Crippen molar-refractivity contribution in [3.63, 3.8) is 0 Å². The number of benzene rings is 3. The highest BCUT2D eigenvalue weighted by atomic mass is 35.5. The Morgan fingerprint density at radius 2 is 1.54 bits per heavy atom. The smallest absolute Gasteiger partial charge is 0.228 e. The predicted molar refractivity (Wildman–Crippen MR) is 110 cm³/mol. The first-order valence-electron chi connectivity index (χ1n) is 8.88. The van der Waals surface area contributed by atoms with E-state index in [9.17, 15) is 9.59 Å². The highest BCUT2D eigenvalue weighted by Gasteiger charge is 2.21. The van der Waals surface area contributed by atoms with E-state index in [1.807, 2.05) is 43.3 Å². The van der Waals surface area contributed by atoms with E-state index in [0.717, 1.165) is 11.1 Å². The maximum atomic E-state index is 13.1. The van der Waals surface area contributed by atoms with Gasteiger partial charge in [0, 0.05) is 16.1 Å². The molecule has 1 aromatic heterocycles. The number of nitrogens with zero attached hydrogens (tertiary/aromatic N) is 2. The number of aromatic nitrogens is 2. The van der Waals surface area contributed by atoms with Crippen LogP contribution in [0.3, 0.4) is 0 Å². The van der Waals surface area contributed by atoms with E-state index in [-0.39, 0.29) is 23.9 Å². The number of carbonyl (C=O) groups is 2. The van der Waals surface area contributed by atoms with Crippen LogP contribution in [0.25, 0.3) is 11.0 Å². The summed E-state index contributed by atoms with van der Waals surface area (Å²) in [4.78, 5) is 30.4. The number of para-hydroxylation sites is 2. The third kappa shape index (κ3) is 3.47. The normalized spacial score (nSPS) is 10.9. The summed E-state index contributed by atoms with van der Waals surface area (Å²) in [7, 11) is 0. The zero-order valence-corrected chi connectivity index (χ0v) is 16.0. The van der Waals surface area contributed by atoms with Gasteiger partial charge in [-0.25, -0.2) is 4.98 Å². The van der Waals surface area contributed by atoms with Crippen LogP contribution in [-0.4, -0.2) is 21.1 Å². The van der Waals surface area contributed by atoms with Crippen LogP contribution in [0.5, 0.6) is 0 Å². The Labute approximate surface area is 167 Å². The van der Waals surface area contributed by atoms with Gasteiger partial charge in [-0.1, -0.05) is 53.6 Å². The molecule has 5 heteroatoms.